The second-order valence-corrected chi connectivity index (χ2v) is 5.53. The van der Waals surface area contributed by atoms with Crippen LogP contribution in [0.25, 0.3) is 0 Å². The monoisotopic (exact) mass is 263 g/mol. The molecule has 88 valence electrons. The molecule has 3 nitrogen and oxygen atoms in total. The number of hydrogen-bond donors (Lipinski definition) is 1. The first kappa shape index (κ1) is 13.2. The van der Waals surface area contributed by atoms with Crippen molar-refractivity contribution in [3.8, 4) is 0 Å². The summed E-state index contributed by atoms with van der Waals surface area (Å²) in [6.07, 6.45) is 0.217. The van der Waals surface area contributed by atoms with E-state index in [1.165, 1.54) is 12.1 Å². The Morgan fingerprint density at radius 1 is 1.44 bits per heavy atom. The number of halogens is 2. The molecule has 0 bridgehead atoms. The summed E-state index contributed by atoms with van der Waals surface area (Å²) in [5, 5.41) is 0.123. The van der Waals surface area contributed by atoms with Crippen LogP contribution < -0.4 is 5.73 Å². The Morgan fingerprint density at radius 3 is 2.56 bits per heavy atom. The molecule has 6 heteroatoms. The minimum Gasteiger partial charge on any atom is -0.327 e. The first-order valence-electron chi connectivity index (χ1n) is 4.46. The van der Waals surface area contributed by atoms with Crippen LogP contribution in [0.4, 0.5) is 4.39 Å². The molecule has 0 amide bonds. The predicted molar refractivity (Wildman–Crippen MR) is 61.8 cm³/mol. The third-order valence-electron chi connectivity index (χ3n) is 1.96. The van der Waals surface area contributed by atoms with Gasteiger partial charge in [-0.3, -0.25) is 0 Å². The molecule has 0 heterocycles. The zero-order chi connectivity index (χ0) is 12.2. The van der Waals surface area contributed by atoms with Crippen LogP contribution in [0, 0.1) is 0 Å². The summed E-state index contributed by atoms with van der Waals surface area (Å²) in [7, 11) is -3.63. The molecule has 0 radical (unpaired) electrons. The van der Waals surface area contributed by atoms with Crippen molar-refractivity contribution in [2.45, 2.75) is 4.90 Å². The molecule has 0 unspecified atom stereocenters. The van der Waals surface area contributed by atoms with Gasteiger partial charge < -0.3 is 5.73 Å². The quantitative estimate of drug-likeness (QED) is 0.903. The highest BCUT2D eigenvalue weighted by Gasteiger charge is 2.19. The van der Waals surface area contributed by atoms with E-state index in [-0.39, 0.29) is 28.4 Å². The predicted octanol–water partition coefficient (Wildman–Crippen LogP) is 1.93. The third-order valence-corrected chi connectivity index (χ3v) is 4.18. The van der Waals surface area contributed by atoms with Crippen molar-refractivity contribution in [2.24, 2.45) is 5.73 Å². The summed E-state index contributed by atoms with van der Waals surface area (Å²) in [6.45, 7) is -0.139. The molecule has 0 atom stereocenters. The molecule has 0 spiro atoms. The van der Waals surface area contributed by atoms with E-state index in [9.17, 15) is 12.8 Å². The van der Waals surface area contributed by atoms with Crippen LogP contribution in [0.1, 0.15) is 0 Å². The first-order valence-corrected chi connectivity index (χ1v) is 6.49. The van der Waals surface area contributed by atoms with E-state index in [1.807, 2.05) is 0 Å². The van der Waals surface area contributed by atoms with E-state index < -0.39 is 15.6 Å². The zero-order valence-electron chi connectivity index (χ0n) is 8.36. The topological polar surface area (TPSA) is 60.2 Å². The van der Waals surface area contributed by atoms with Crippen molar-refractivity contribution in [3.05, 3.63) is 41.2 Å². The van der Waals surface area contributed by atoms with Gasteiger partial charge in [-0.15, -0.1) is 0 Å². The normalized spacial score (nSPS) is 12.8. The van der Waals surface area contributed by atoms with Gasteiger partial charge in [-0.2, -0.15) is 0 Å². The summed E-state index contributed by atoms with van der Waals surface area (Å²) < 4.78 is 35.9. The van der Waals surface area contributed by atoms with Crippen molar-refractivity contribution in [1.82, 2.24) is 0 Å². The highest BCUT2D eigenvalue weighted by Crippen LogP contribution is 2.22. The molecule has 2 N–H and O–H groups in total. The summed E-state index contributed by atoms with van der Waals surface area (Å²) in [5.74, 6) is -0.455. The molecular formula is C10H11ClFNO2S. The fraction of sp³-hybridized carbons (Fsp3) is 0.200. The van der Waals surface area contributed by atoms with Gasteiger partial charge in [-0.1, -0.05) is 23.7 Å². The number of hydrogen-bond acceptors (Lipinski definition) is 3. The van der Waals surface area contributed by atoms with Gasteiger partial charge in [0.25, 0.3) is 0 Å². The fourth-order valence-electron chi connectivity index (χ4n) is 1.15. The van der Waals surface area contributed by atoms with E-state index in [4.69, 9.17) is 17.3 Å². The summed E-state index contributed by atoms with van der Waals surface area (Å²) in [5.41, 5.74) is 5.21. The van der Waals surface area contributed by atoms with Gasteiger partial charge in [0.05, 0.1) is 22.0 Å². The summed E-state index contributed by atoms with van der Waals surface area (Å²) >= 11 is 5.75. The van der Waals surface area contributed by atoms with E-state index in [2.05, 4.69) is 0 Å². The van der Waals surface area contributed by atoms with E-state index in [1.54, 1.807) is 12.1 Å². The fourth-order valence-corrected chi connectivity index (χ4v) is 3.12. The van der Waals surface area contributed by atoms with Crippen LogP contribution in [0.2, 0.25) is 5.02 Å². The van der Waals surface area contributed by atoms with Crippen LogP contribution in [-0.2, 0) is 9.84 Å². The molecule has 1 rings (SSSR count). The SMILES string of the molecule is NC/C(=C\F)CS(=O)(=O)c1ccccc1Cl. The van der Waals surface area contributed by atoms with Crippen LogP contribution in [0.15, 0.2) is 41.1 Å². The van der Waals surface area contributed by atoms with Crippen molar-refractivity contribution < 1.29 is 12.8 Å². The Kier molecular flexibility index (Phi) is 4.46. The molecule has 16 heavy (non-hydrogen) atoms. The number of sulfone groups is 1. The minimum absolute atomic E-state index is 0.00975. The molecule has 0 aliphatic rings. The van der Waals surface area contributed by atoms with Crippen molar-refractivity contribution >= 4 is 21.4 Å². The van der Waals surface area contributed by atoms with Gasteiger partial charge in [-0.05, 0) is 17.7 Å². The molecule has 0 aromatic heterocycles. The first-order chi connectivity index (χ1) is 7.51. The molecule has 1 aromatic rings. The second kappa shape index (κ2) is 5.43. The van der Waals surface area contributed by atoms with E-state index in [0.717, 1.165) is 0 Å². The second-order valence-electron chi connectivity index (χ2n) is 3.16. The van der Waals surface area contributed by atoms with E-state index in [0.29, 0.717) is 0 Å². The Hall–Kier alpha value is -0.910. The van der Waals surface area contributed by atoms with Gasteiger partial charge in [0, 0.05) is 6.54 Å². The van der Waals surface area contributed by atoms with Gasteiger partial charge >= 0.3 is 0 Å². The Labute approximate surface area is 98.6 Å². The number of rotatable bonds is 4. The lowest BCUT2D eigenvalue weighted by Gasteiger charge is -2.06. The van der Waals surface area contributed by atoms with Gasteiger partial charge in [-0.25, -0.2) is 12.8 Å². The van der Waals surface area contributed by atoms with Crippen LogP contribution in [-0.4, -0.2) is 20.7 Å². The standard InChI is InChI=1S/C10H11ClFNO2S/c11-9-3-1-2-4-10(9)16(14,15)7-8(5-12)6-13/h1-5H,6-7,13H2/b8-5+. The smallest absolute Gasteiger partial charge is 0.183 e. The average Bonchev–Trinajstić information content (AvgIpc) is 2.26. The van der Waals surface area contributed by atoms with Crippen molar-refractivity contribution in [1.29, 1.82) is 0 Å². The minimum atomic E-state index is -3.63. The number of nitrogens with two attached hydrogens (primary N) is 1. The molecule has 0 fully saturated rings. The third kappa shape index (κ3) is 3.04. The van der Waals surface area contributed by atoms with Crippen LogP contribution >= 0.6 is 11.6 Å². The van der Waals surface area contributed by atoms with Crippen molar-refractivity contribution in [2.75, 3.05) is 12.3 Å². The lowest BCUT2D eigenvalue weighted by atomic mass is 10.3. The van der Waals surface area contributed by atoms with E-state index >= 15 is 0 Å². The largest absolute Gasteiger partial charge is 0.327 e. The van der Waals surface area contributed by atoms with Crippen LogP contribution in [0.3, 0.4) is 0 Å². The Morgan fingerprint density at radius 2 is 2.06 bits per heavy atom. The molecule has 0 aliphatic carbocycles. The maximum atomic E-state index is 12.3. The molecule has 0 saturated heterocycles. The Bertz CT molecular complexity index is 499. The van der Waals surface area contributed by atoms with Gasteiger partial charge in [0.1, 0.15) is 0 Å². The number of benzene rings is 1. The van der Waals surface area contributed by atoms with Gasteiger partial charge in [0.2, 0.25) is 0 Å². The maximum Gasteiger partial charge on any atom is 0.183 e. The lowest BCUT2D eigenvalue weighted by molar-refractivity contribution is 0.596. The van der Waals surface area contributed by atoms with Crippen LogP contribution in [0.5, 0.6) is 0 Å². The van der Waals surface area contributed by atoms with Crippen molar-refractivity contribution in [3.63, 3.8) is 0 Å². The summed E-state index contributed by atoms with van der Waals surface area (Å²) in [4.78, 5) is -0.00975. The van der Waals surface area contributed by atoms with Gasteiger partial charge in [0.15, 0.2) is 9.84 Å². The maximum absolute atomic E-state index is 12.3. The summed E-state index contributed by atoms with van der Waals surface area (Å²) in [6, 6.07) is 6.02. The lowest BCUT2D eigenvalue weighted by Crippen LogP contribution is -2.15. The molecule has 1 aromatic carbocycles. The average molecular weight is 264 g/mol. The Balaban J connectivity index is 3.09. The molecule has 0 aliphatic heterocycles. The highest BCUT2D eigenvalue weighted by molar-refractivity contribution is 7.91. The molecular weight excluding hydrogens is 253 g/mol. The molecule has 0 saturated carbocycles. The highest BCUT2D eigenvalue weighted by atomic mass is 35.5. The zero-order valence-corrected chi connectivity index (χ0v) is 9.93.